The number of benzene rings is 3. The van der Waals surface area contributed by atoms with Crippen molar-refractivity contribution in [2.45, 2.75) is 65.0 Å². The van der Waals surface area contributed by atoms with Crippen molar-refractivity contribution in [1.29, 1.82) is 0 Å². The second-order valence-corrected chi connectivity index (χ2v) is 12.0. The zero-order valence-corrected chi connectivity index (χ0v) is 27.1. The number of aryl methyl sites for hydroxylation is 1. The first-order valence-corrected chi connectivity index (χ1v) is 16.1. The molecule has 0 bridgehead atoms. The van der Waals surface area contributed by atoms with Gasteiger partial charge < -0.3 is 25.2 Å². The third kappa shape index (κ3) is 8.28. The number of hydrogen-bond donors (Lipinski definition) is 3. The van der Waals surface area contributed by atoms with Gasteiger partial charge in [-0.05, 0) is 91.6 Å². The zero-order chi connectivity index (χ0) is 34.2. The molecule has 0 unspecified atom stereocenters. The second kappa shape index (κ2) is 15.4. The van der Waals surface area contributed by atoms with Crippen LogP contribution in [0.25, 0.3) is 11.1 Å². The van der Waals surface area contributed by atoms with E-state index in [0.717, 1.165) is 52.1 Å². The summed E-state index contributed by atoms with van der Waals surface area (Å²) in [6.45, 7) is 5.60. The van der Waals surface area contributed by atoms with Crippen LogP contribution in [0.15, 0.2) is 73.1 Å². The number of carbonyl (C=O) groups excluding carboxylic acids is 2. The van der Waals surface area contributed by atoms with Gasteiger partial charge in [-0.25, -0.2) is 4.79 Å². The Kier molecular flexibility index (Phi) is 10.9. The minimum Gasteiger partial charge on any atom is -0.493 e. The lowest BCUT2D eigenvalue weighted by atomic mass is 9.93. The van der Waals surface area contributed by atoms with Crippen molar-refractivity contribution in [2.75, 3.05) is 18.1 Å². The number of ether oxygens (including phenoxy) is 1. The molecule has 250 valence electrons. The van der Waals surface area contributed by atoms with Crippen LogP contribution in [-0.2, 0) is 27.3 Å². The summed E-state index contributed by atoms with van der Waals surface area (Å²) in [7, 11) is 0. The zero-order valence-electron chi connectivity index (χ0n) is 27.1. The highest BCUT2D eigenvalue weighted by Gasteiger charge is 2.25. The lowest BCUT2D eigenvalue weighted by Gasteiger charge is -2.31. The van der Waals surface area contributed by atoms with Crippen LogP contribution >= 0.6 is 0 Å². The second-order valence-electron chi connectivity index (χ2n) is 12.0. The molecule has 4 aromatic rings. The van der Waals surface area contributed by atoms with E-state index in [1.807, 2.05) is 54.4 Å². The largest absolute Gasteiger partial charge is 0.493 e. The number of fused-ring (bicyclic) bond motifs is 1. The van der Waals surface area contributed by atoms with E-state index in [0.29, 0.717) is 32.5 Å². The molecular weight excluding hydrogens is 612 g/mol. The van der Waals surface area contributed by atoms with E-state index in [9.17, 15) is 24.3 Å². The van der Waals surface area contributed by atoms with Gasteiger partial charge in [0.25, 0.3) is 5.91 Å². The van der Waals surface area contributed by atoms with Gasteiger partial charge in [0.1, 0.15) is 11.8 Å². The predicted molar refractivity (Wildman–Crippen MR) is 180 cm³/mol. The number of nitrogens with one attached hydrogen (secondary N) is 1. The summed E-state index contributed by atoms with van der Waals surface area (Å²) >= 11 is 0. The monoisotopic (exact) mass is 652 g/mol. The summed E-state index contributed by atoms with van der Waals surface area (Å²) in [6, 6.07) is 17.5. The number of carboxylic acid groups (broad SMARTS) is 2. The average molecular weight is 653 g/mol. The standard InChI is InChI=1S/C37H40N4O7/c1-24-8-3-14-33(25(24)2)48-19-7-15-34(42)41-18-6-12-30-29(11-5-13-32(30)41)28-21-38-40(23-28)22-26-9-4-10-27(20-26)36(45)39-31(37(46)47)16-17-35(43)44/h3-5,8-11,13-14,20-21,23,31H,6-7,12,15-19,22H2,1-2H3,(H,39,45)(H,43,44)(H,46,47)/t31-/m0/s1. The van der Waals surface area contributed by atoms with Crippen LogP contribution in [0, 0.1) is 13.8 Å². The Labute approximate surface area is 279 Å². The molecule has 0 saturated heterocycles. The first-order valence-electron chi connectivity index (χ1n) is 16.1. The Morgan fingerprint density at radius 2 is 1.79 bits per heavy atom. The van der Waals surface area contributed by atoms with Crippen molar-refractivity contribution in [1.82, 2.24) is 15.1 Å². The van der Waals surface area contributed by atoms with Crippen molar-refractivity contribution in [3.8, 4) is 16.9 Å². The van der Waals surface area contributed by atoms with Crippen LogP contribution in [0.3, 0.4) is 0 Å². The molecule has 5 rings (SSSR count). The highest BCUT2D eigenvalue weighted by Crippen LogP contribution is 2.36. The number of rotatable bonds is 14. The molecule has 3 N–H and O–H groups in total. The van der Waals surface area contributed by atoms with Crippen LogP contribution < -0.4 is 15.0 Å². The van der Waals surface area contributed by atoms with Crippen molar-refractivity contribution in [2.24, 2.45) is 0 Å². The minimum absolute atomic E-state index is 0.0776. The van der Waals surface area contributed by atoms with E-state index in [1.165, 1.54) is 5.56 Å². The smallest absolute Gasteiger partial charge is 0.326 e. The fraction of sp³-hybridized carbons (Fsp3) is 0.324. The molecular formula is C37H40N4O7. The molecule has 0 aliphatic carbocycles. The van der Waals surface area contributed by atoms with Crippen molar-refractivity contribution in [3.63, 3.8) is 0 Å². The number of hydrogen-bond acceptors (Lipinski definition) is 6. The van der Waals surface area contributed by atoms with Gasteiger partial charge >= 0.3 is 11.9 Å². The molecule has 1 aromatic heterocycles. The lowest BCUT2D eigenvalue weighted by molar-refractivity contribution is -0.140. The Morgan fingerprint density at radius 1 is 1.00 bits per heavy atom. The summed E-state index contributed by atoms with van der Waals surface area (Å²) in [4.78, 5) is 50.4. The molecule has 0 spiro atoms. The quantitative estimate of drug-likeness (QED) is 0.153. The third-order valence-corrected chi connectivity index (χ3v) is 8.63. The first kappa shape index (κ1) is 33.9. The highest BCUT2D eigenvalue weighted by molar-refractivity contribution is 5.97. The van der Waals surface area contributed by atoms with Crippen molar-refractivity contribution < 1.29 is 34.1 Å². The third-order valence-electron chi connectivity index (χ3n) is 8.63. The summed E-state index contributed by atoms with van der Waals surface area (Å²) in [6.07, 6.45) is 5.85. The Morgan fingerprint density at radius 3 is 2.58 bits per heavy atom. The highest BCUT2D eigenvalue weighted by atomic mass is 16.5. The molecule has 0 radical (unpaired) electrons. The van der Waals surface area contributed by atoms with E-state index in [-0.39, 0.29) is 24.3 Å². The molecule has 48 heavy (non-hydrogen) atoms. The fourth-order valence-corrected chi connectivity index (χ4v) is 5.93. The van der Waals surface area contributed by atoms with E-state index in [4.69, 9.17) is 9.84 Å². The first-order chi connectivity index (χ1) is 23.1. The lowest BCUT2D eigenvalue weighted by Crippen LogP contribution is -2.41. The summed E-state index contributed by atoms with van der Waals surface area (Å²) in [5.41, 5.74) is 7.30. The van der Waals surface area contributed by atoms with Gasteiger partial charge in [0.2, 0.25) is 5.91 Å². The van der Waals surface area contributed by atoms with E-state index >= 15 is 0 Å². The number of nitrogens with zero attached hydrogens (tertiary/aromatic N) is 3. The fourth-order valence-electron chi connectivity index (χ4n) is 5.93. The maximum atomic E-state index is 13.3. The van der Waals surface area contributed by atoms with Gasteiger partial charge in [0.15, 0.2) is 0 Å². The summed E-state index contributed by atoms with van der Waals surface area (Å²) < 4.78 is 7.73. The molecule has 1 aliphatic rings. The number of carbonyl (C=O) groups is 4. The Balaban J connectivity index is 1.23. The molecule has 11 heteroatoms. The molecule has 2 heterocycles. The average Bonchev–Trinajstić information content (AvgIpc) is 3.54. The van der Waals surface area contributed by atoms with Crippen LogP contribution in [0.5, 0.6) is 5.75 Å². The minimum atomic E-state index is -1.31. The number of aliphatic carboxylic acids is 2. The van der Waals surface area contributed by atoms with Crippen molar-refractivity contribution >= 4 is 29.4 Å². The van der Waals surface area contributed by atoms with Crippen LogP contribution in [0.4, 0.5) is 5.69 Å². The van der Waals surface area contributed by atoms with Crippen LogP contribution in [-0.4, -0.2) is 62.9 Å². The molecule has 0 saturated carbocycles. The number of aromatic nitrogens is 2. The maximum Gasteiger partial charge on any atom is 0.326 e. The molecule has 3 aromatic carbocycles. The SMILES string of the molecule is Cc1cccc(OCCCC(=O)N2CCCc3c(-c4cnn(Cc5cccc(C(=O)N[C@@H](CCC(=O)O)C(=O)O)c5)c4)cccc32)c1C. The van der Waals surface area contributed by atoms with Gasteiger partial charge in [-0.2, -0.15) is 5.10 Å². The van der Waals surface area contributed by atoms with E-state index in [2.05, 4.69) is 23.4 Å². The van der Waals surface area contributed by atoms with E-state index < -0.39 is 23.9 Å². The summed E-state index contributed by atoms with van der Waals surface area (Å²) in [5.74, 6) is -2.09. The molecule has 11 nitrogen and oxygen atoms in total. The van der Waals surface area contributed by atoms with Gasteiger partial charge in [-0.15, -0.1) is 0 Å². The molecule has 2 amide bonds. The van der Waals surface area contributed by atoms with Crippen LogP contribution in [0.1, 0.15) is 64.7 Å². The number of amides is 2. The van der Waals surface area contributed by atoms with Crippen LogP contribution in [0.2, 0.25) is 0 Å². The number of carboxylic acids is 2. The van der Waals surface area contributed by atoms with E-state index in [1.54, 1.807) is 29.1 Å². The molecule has 1 aliphatic heterocycles. The molecule has 0 fully saturated rings. The Bertz CT molecular complexity index is 1810. The molecule has 1 atom stereocenters. The number of anilines is 1. The predicted octanol–water partition coefficient (Wildman–Crippen LogP) is 5.40. The van der Waals surface area contributed by atoms with Gasteiger partial charge in [-0.1, -0.05) is 36.4 Å². The van der Waals surface area contributed by atoms with Crippen molar-refractivity contribution in [3.05, 3.63) is 101 Å². The maximum absolute atomic E-state index is 13.3. The van der Waals surface area contributed by atoms with Gasteiger partial charge in [0.05, 0.1) is 19.3 Å². The van der Waals surface area contributed by atoms with Gasteiger partial charge in [-0.3, -0.25) is 19.1 Å². The van der Waals surface area contributed by atoms with Gasteiger partial charge in [0, 0.05) is 42.4 Å². The topological polar surface area (TPSA) is 151 Å². The normalized spacial score (nSPS) is 13.0. The summed E-state index contributed by atoms with van der Waals surface area (Å²) in [5, 5.41) is 25.2. The Hall–Kier alpha value is -5.45.